The number of carbonyl (C=O) groups is 4. The van der Waals surface area contributed by atoms with Crippen LogP contribution in [0.5, 0.6) is 0 Å². The van der Waals surface area contributed by atoms with Crippen molar-refractivity contribution in [2.24, 2.45) is 0 Å². The monoisotopic (exact) mass is 2000 g/mol. The molecule has 6 rings (SSSR count). The third-order valence-electron chi connectivity index (χ3n) is 10.8. The van der Waals surface area contributed by atoms with E-state index in [-0.39, 0.29) is 49.2 Å². The van der Waals surface area contributed by atoms with Gasteiger partial charge in [-0.3, -0.25) is 4.43 Å². The van der Waals surface area contributed by atoms with Crippen LogP contribution < -0.4 is 5.32 Å². The molecule has 3 aliphatic heterocycles. The molecule has 1 N–H and O–H groups in total. The van der Waals surface area contributed by atoms with Crippen LogP contribution in [0.1, 0.15) is 222 Å². The minimum Gasteiger partial charge on any atom is -0.449 e. The SMILES string of the molecule is CC(C)(C)OC(=O)N1CCC(c2ncco2)CC1.CC(C)(C)OC(=O)OC(=O)OC(C)(C)C.CCC(I)(I)I.CCC(I)I.CC[CH-]I.CCc1coc(C2CCN(C(=O)OC(C)(C)C)CC2)n1.CCc1coc(C2CCNCC2)n1.O=C=O.O=C=O.O=C=O.[V]. The van der Waals surface area contributed by atoms with Gasteiger partial charge < -0.3 is 74.6 Å². The second-order valence-corrected chi connectivity index (χ2v) is 41.0. The quantitative estimate of drug-likeness (QED) is 0.0547. The number of piperidine rings is 3. The standard InChI is InChI=1S/C15H24N2O3.C13H20N2O3.C10H16N2O.C10H18O5.C3H5I3.C3H6I2.C3H6I.3CO2.V/c1-5-12-10-19-13(16-12)11-6-8-17(9-7-11)14(18)20-15(2,3)4;1-13(2,3)18-12(16)15-7-4-10(5-8-15)11-14-6-9-17-11;1-2-9-7-13-10(12-9)8-3-5-11-6-4-8;1-9(2,3)14-7(11)13-8(12)15-10(4,5)6;1-2-3(4,5)6;1-2-3(4)5;1-2-3-4;3*2-1-3;/h10-11H,5-9H2,1-4H3;6,9-10H,4-5,7-8H2,1-3H3;7-8,11H,2-6H2,1H3;1-6H3;2H2,1H3;3H,2H2,1H3;3H,2H2,1H3;;;;/q;;;;;;-1;;;;. The van der Waals surface area contributed by atoms with Crippen LogP contribution in [-0.2, 0) is 83.8 Å². The molecule has 2 amide bonds. The van der Waals surface area contributed by atoms with Gasteiger partial charge in [-0.2, -0.15) is 35.2 Å². The second-order valence-electron chi connectivity index (χ2n) is 23.1. The van der Waals surface area contributed by atoms with E-state index < -0.39 is 34.7 Å². The van der Waals surface area contributed by atoms with Gasteiger partial charge >= 0.3 is 43.0 Å². The molecule has 521 valence electrons. The predicted molar refractivity (Wildman–Crippen MR) is 387 cm³/mol. The summed E-state index contributed by atoms with van der Waals surface area (Å²) in [6.45, 7) is 36.9. The Hall–Kier alpha value is -2.03. The molecule has 3 aliphatic rings. The average molecular weight is 2000 g/mol. The number of hydrogen-bond acceptors (Lipinski definition) is 22. The summed E-state index contributed by atoms with van der Waals surface area (Å²) >= 11 is 14.3. The fraction of sp³-hybridized carbons (Fsp3) is 0.717. The zero-order valence-corrected chi connectivity index (χ0v) is 69.9. The number of nitrogens with one attached hydrogen (secondary N) is 1. The summed E-state index contributed by atoms with van der Waals surface area (Å²) in [4.78, 5) is 111. The minimum atomic E-state index is -1.06. The van der Waals surface area contributed by atoms with Crippen molar-refractivity contribution in [2.45, 2.75) is 230 Å². The molecule has 0 aromatic carbocycles. The second kappa shape index (κ2) is 55.0. The number of oxazole rings is 3. The van der Waals surface area contributed by atoms with Crippen molar-refractivity contribution in [3.63, 3.8) is 0 Å². The number of amides is 2. The molecule has 31 heteroatoms. The molecule has 6 heterocycles. The van der Waals surface area contributed by atoms with Crippen molar-refractivity contribution in [1.82, 2.24) is 30.1 Å². The molecule has 1 radical (unpaired) electrons. The summed E-state index contributed by atoms with van der Waals surface area (Å²) < 4.78 is 44.2. The van der Waals surface area contributed by atoms with Gasteiger partial charge in [-0.15, -0.1) is 0 Å². The molecule has 24 nitrogen and oxygen atoms in total. The first kappa shape index (κ1) is 97.7. The van der Waals surface area contributed by atoms with Crippen molar-refractivity contribution in [2.75, 3.05) is 39.3 Å². The van der Waals surface area contributed by atoms with Gasteiger partial charge in [0, 0.05) is 62.5 Å². The van der Waals surface area contributed by atoms with E-state index in [4.69, 9.17) is 61.0 Å². The molecule has 0 unspecified atom stereocenters. The minimum absolute atomic E-state index is 0. The zero-order valence-electron chi connectivity index (χ0n) is 55.5. The van der Waals surface area contributed by atoms with Crippen LogP contribution in [0.3, 0.4) is 0 Å². The third-order valence-corrected chi connectivity index (χ3v) is 15.7. The predicted octanol–water partition coefficient (Wildman–Crippen LogP) is 16.9. The number of nitrogens with zero attached hydrogens (tertiary/aromatic N) is 5. The summed E-state index contributed by atoms with van der Waals surface area (Å²) in [7, 11) is 0. The van der Waals surface area contributed by atoms with E-state index in [9.17, 15) is 19.2 Å². The maximum Gasteiger partial charge on any atom is 0.519 e. The molecule has 3 saturated heterocycles. The van der Waals surface area contributed by atoms with Crippen LogP contribution in [-0.4, -0.2) is 131 Å². The van der Waals surface area contributed by atoms with E-state index in [0.29, 0.717) is 43.4 Å². The van der Waals surface area contributed by atoms with Crippen LogP contribution in [0.25, 0.3) is 0 Å². The normalized spacial score (nSPS) is 13.9. The van der Waals surface area contributed by atoms with E-state index in [1.807, 2.05) is 41.5 Å². The fourth-order valence-corrected chi connectivity index (χ4v) is 6.73. The van der Waals surface area contributed by atoms with Crippen molar-refractivity contribution < 1.29 is 103 Å². The maximum absolute atomic E-state index is 12.0. The fourth-order valence-electron chi connectivity index (χ4n) is 6.73. The Labute approximate surface area is 632 Å². The Kier molecular flexibility index (Phi) is 59.0. The van der Waals surface area contributed by atoms with Crippen molar-refractivity contribution in [3.8, 4) is 0 Å². The Morgan fingerprint density at radius 1 is 0.582 bits per heavy atom. The van der Waals surface area contributed by atoms with E-state index in [2.05, 4.69) is 200 Å². The molecule has 0 aliphatic carbocycles. The topological polar surface area (TPSA) is 313 Å². The molecular weight excluding hydrogens is 1910 g/mol. The maximum atomic E-state index is 12.0. The van der Waals surface area contributed by atoms with Crippen LogP contribution in [0.15, 0.2) is 38.2 Å². The number of aromatic nitrogens is 3. The average Bonchev–Trinajstić information content (AvgIpc) is 2.42. The number of rotatable bonds is 8. The van der Waals surface area contributed by atoms with Crippen LogP contribution in [0.2, 0.25) is 0 Å². The number of hydrogen-bond donors (Lipinski definition) is 1. The van der Waals surface area contributed by atoms with E-state index in [0.717, 1.165) is 95.4 Å². The van der Waals surface area contributed by atoms with Gasteiger partial charge in [0.15, 0.2) is 17.7 Å². The van der Waals surface area contributed by atoms with Crippen LogP contribution >= 0.6 is 136 Å². The number of aryl methyl sites for hydroxylation is 2. The first-order chi connectivity index (χ1) is 41.7. The molecule has 0 saturated carbocycles. The summed E-state index contributed by atoms with van der Waals surface area (Å²) in [5, 5.41) is 3.34. The van der Waals surface area contributed by atoms with Gasteiger partial charge in [-0.1, -0.05) is 148 Å². The largest absolute Gasteiger partial charge is 0.519 e. The molecule has 0 bridgehead atoms. The van der Waals surface area contributed by atoms with Gasteiger partial charge in [-0.05, 0) is 160 Å². The Bertz CT molecular complexity index is 2390. The first-order valence-corrected chi connectivity index (χ1v) is 36.0. The summed E-state index contributed by atoms with van der Waals surface area (Å²) in [5.41, 5.74) is -0.190. The van der Waals surface area contributed by atoms with Crippen molar-refractivity contribution >= 4 is 178 Å². The number of ether oxygens (including phenoxy) is 5. The van der Waals surface area contributed by atoms with Crippen molar-refractivity contribution in [1.29, 1.82) is 0 Å². The van der Waals surface area contributed by atoms with Crippen LogP contribution in [0.4, 0.5) is 19.2 Å². The Morgan fingerprint density at radius 3 is 1.11 bits per heavy atom. The van der Waals surface area contributed by atoms with Gasteiger partial charge in [0.2, 0.25) is 0 Å². The number of halogens is 6. The van der Waals surface area contributed by atoms with Gasteiger partial charge in [0.05, 0.1) is 19.5 Å². The summed E-state index contributed by atoms with van der Waals surface area (Å²) in [6.07, 6.45) is 16.3. The number of carbonyl (C=O) groups excluding carboxylic acids is 10. The summed E-state index contributed by atoms with van der Waals surface area (Å²) in [6, 6.07) is 0. The number of likely N-dealkylation sites (tertiary alicyclic amines) is 2. The Balaban J connectivity index is -0.000000323. The summed E-state index contributed by atoms with van der Waals surface area (Å²) in [5.74, 6) is 3.71. The molecule has 0 spiro atoms. The molecule has 91 heavy (non-hydrogen) atoms. The number of alkyl halides is 5. The molecule has 3 aromatic heterocycles. The molecular formula is C60H95I6N6O18V-. The van der Waals surface area contributed by atoms with Gasteiger partial charge in [0.25, 0.3) is 0 Å². The molecule has 3 fully saturated rings. The Morgan fingerprint density at radius 2 is 0.879 bits per heavy atom. The molecule has 3 aromatic rings. The van der Waals surface area contributed by atoms with E-state index in [1.54, 1.807) is 76.3 Å². The smallest absolute Gasteiger partial charge is 0.449 e. The van der Waals surface area contributed by atoms with Gasteiger partial charge in [0.1, 0.15) is 40.6 Å². The van der Waals surface area contributed by atoms with E-state index in [1.165, 1.54) is 19.3 Å². The third kappa shape index (κ3) is 59.0. The molecule has 0 atom stereocenters. The zero-order chi connectivity index (χ0) is 70.3. The van der Waals surface area contributed by atoms with E-state index >= 15 is 0 Å². The van der Waals surface area contributed by atoms with Crippen LogP contribution in [0, 0.1) is 4.43 Å². The van der Waals surface area contributed by atoms with Gasteiger partial charge in [-0.25, -0.2) is 34.1 Å². The van der Waals surface area contributed by atoms with Crippen molar-refractivity contribution in [3.05, 3.63) is 58.5 Å². The first-order valence-electron chi connectivity index (χ1n) is 29.1.